The largest absolute Gasteiger partial charge is 0.450 e. The van der Waals surface area contributed by atoms with E-state index < -0.39 is 65.2 Å². The summed E-state index contributed by atoms with van der Waals surface area (Å²) in [6.07, 6.45) is -13.8. The second-order valence-corrected chi connectivity index (χ2v) is 5.40. The number of hydrogen-bond donors (Lipinski definition) is 0. The maximum absolute atomic E-state index is 12.2. The quantitative estimate of drug-likeness (QED) is 0.401. The highest BCUT2D eigenvalue weighted by Crippen LogP contribution is 2.22. The average molecular weight is 396 g/mol. The summed E-state index contributed by atoms with van der Waals surface area (Å²) >= 11 is 0. The Hall–Kier alpha value is -2.85. The Morgan fingerprint density at radius 2 is 0.963 bits per heavy atom. The van der Waals surface area contributed by atoms with Gasteiger partial charge < -0.3 is 0 Å². The van der Waals surface area contributed by atoms with Crippen molar-refractivity contribution >= 4 is 28.9 Å². The Labute approximate surface area is 147 Å². The first-order chi connectivity index (χ1) is 12.1. The Bertz CT molecular complexity index is 761. The molecule has 0 amide bonds. The Balaban J connectivity index is 3.23. The van der Waals surface area contributed by atoms with Gasteiger partial charge in [-0.15, -0.1) is 0 Å². The number of halogens is 6. The van der Waals surface area contributed by atoms with E-state index in [4.69, 9.17) is 0 Å². The maximum Gasteiger partial charge on any atom is 0.450 e. The monoisotopic (exact) mass is 396 g/mol. The highest BCUT2D eigenvalue weighted by atomic mass is 19.4. The van der Waals surface area contributed by atoms with Gasteiger partial charge in [-0.3, -0.25) is 24.0 Å². The van der Waals surface area contributed by atoms with E-state index in [0.717, 1.165) is 19.1 Å². The van der Waals surface area contributed by atoms with Crippen LogP contribution in [0.25, 0.3) is 0 Å². The van der Waals surface area contributed by atoms with Crippen molar-refractivity contribution in [1.82, 2.24) is 0 Å². The highest BCUT2D eigenvalue weighted by molar-refractivity contribution is 6.14. The molecule has 0 aliphatic rings. The molecule has 0 radical (unpaired) electrons. The molecule has 5 nitrogen and oxygen atoms in total. The molecule has 0 heterocycles. The molecule has 0 bridgehead atoms. The summed E-state index contributed by atoms with van der Waals surface area (Å²) in [6, 6.07) is 2.23. The summed E-state index contributed by atoms with van der Waals surface area (Å²) in [5.74, 6) is -8.28. The third-order valence-corrected chi connectivity index (χ3v) is 3.26. The highest BCUT2D eigenvalue weighted by Gasteiger charge is 2.40. The fourth-order valence-corrected chi connectivity index (χ4v) is 1.85. The van der Waals surface area contributed by atoms with Gasteiger partial charge in [0.05, 0.1) is 12.8 Å². The lowest BCUT2D eigenvalue weighted by molar-refractivity contribution is -0.170. The van der Waals surface area contributed by atoms with Gasteiger partial charge in [0.2, 0.25) is 11.6 Å². The molecule has 0 aliphatic heterocycles. The Kier molecular flexibility index (Phi) is 6.41. The average Bonchev–Trinajstić information content (AvgIpc) is 2.52. The Morgan fingerprint density at radius 3 is 1.22 bits per heavy atom. The van der Waals surface area contributed by atoms with Crippen LogP contribution >= 0.6 is 0 Å². The molecule has 0 spiro atoms. The van der Waals surface area contributed by atoms with E-state index in [0.29, 0.717) is 6.07 Å². The van der Waals surface area contributed by atoms with Gasteiger partial charge in [-0.1, -0.05) is 0 Å². The van der Waals surface area contributed by atoms with Crippen molar-refractivity contribution in [3.8, 4) is 0 Å². The van der Waals surface area contributed by atoms with Gasteiger partial charge >= 0.3 is 12.4 Å². The van der Waals surface area contributed by atoms with Crippen molar-refractivity contribution in [1.29, 1.82) is 0 Å². The van der Waals surface area contributed by atoms with E-state index in [9.17, 15) is 50.3 Å². The Morgan fingerprint density at radius 1 is 0.667 bits per heavy atom. The number of Topliss-reactive ketones (excluding diaryl/α,β-unsaturated/α-hetero) is 5. The van der Waals surface area contributed by atoms with E-state index in [1.807, 2.05) is 0 Å². The molecule has 0 saturated carbocycles. The summed E-state index contributed by atoms with van der Waals surface area (Å²) in [5, 5.41) is 0. The number of benzene rings is 1. The number of alkyl halides is 6. The lowest BCUT2D eigenvalue weighted by atomic mass is 9.95. The van der Waals surface area contributed by atoms with Gasteiger partial charge in [-0.2, -0.15) is 26.3 Å². The molecule has 0 aliphatic carbocycles. The van der Waals surface area contributed by atoms with Crippen LogP contribution in [-0.4, -0.2) is 41.3 Å². The van der Waals surface area contributed by atoms with Crippen molar-refractivity contribution in [2.75, 3.05) is 0 Å². The molecule has 0 N–H and O–H groups in total. The number of ketones is 5. The molecule has 27 heavy (non-hydrogen) atoms. The SMILES string of the molecule is CC(=O)c1cc(C(=O)CC(=O)C(F)(F)F)cc(C(=O)CC(=O)C(F)(F)F)c1. The summed E-state index contributed by atoms with van der Waals surface area (Å²) in [4.78, 5) is 56.9. The van der Waals surface area contributed by atoms with Crippen LogP contribution < -0.4 is 0 Å². The first-order valence-electron chi connectivity index (χ1n) is 7.05. The van der Waals surface area contributed by atoms with Crippen molar-refractivity contribution in [2.45, 2.75) is 32.1 Å². The number of rotatable bonds is 7. The van der Waals surface area contributed by atoms with Gasteiger partial charge in [-0.25, -0.2) is 0 Å². The summed E-state index contributed by atoms with van der Waals surface area (Å²) in [5.41, 5.74) is -1.66. The number of hydrogen-bond acceptors (Lipinski definition) is 5. The van der Waals surface area contributed by atoms with Crippen molar-refractivity contribution in [3.63, 3.8) is 0 Å². The predicted octanol–water partition coefficient (Wildman–Crippen LogP) is 3.30. The van der Waals surface area contributed by atoms with E-state index in [1.165, 1.54) is 0 Å². The zero-order chi connectivity index (χ0) is 21.2. The standard InChI is InChI=1S/C16H10F6O5/c1-7(23)8-2-9(11(24)5-13(26)15(17,18)19)4-10(3-8)12(25)6-14(27)16(20,21)22/h2-4H,5-6H2,1H3. The molecule has 1 rings (SSSR count). The van der Waals surface area contributed by atoms with Gasteiger partial charge in [0, 0.05) is 16.7 Å². The maximum atomic E-state index is 12.2. The van der Waals surface area contributed by atoms with E-state index in [2.05, 4.69) is 0 Å². The zero-order valence-electron chi connectivity index (χ0n) is 13.5. The van der Waals surface area contributed by atoms with Crippen LogP contribution in [0, 0.1) is 0 Å². The molecule has 146 valence electrons. The number of carbonyl (C=O) groups is 5. The third kappa shape index (κ3) is 6.12. The van der Waals surface area contributed by atoms with Crippen LogP contribution in [0.4, 0.5) is 26.3 Å². The normalized spacial score (nSPS) is 11.8. The molecule has 1 aromatic rings. The van der Waals surface area contributed by atoms with Gasteiger partial charge in [-0.05, 0) is 25.1 Å². The second kappa shape index (κ2) is 7.80. The molecule has 0 saturated heterocycles. The summed E-state index contributed by atoms with van der Waals surface area (Å²) in [6.45, 7) is 0.972. The van der Waals surface area contributed by atoms with Crippen LogP contribution in [-0.2, 0) is 9.59 Å². The second-order valence-electron chi connectivity index (χ2n) is 5.40. The van der Waals surface area contributed by atoms with E-state index in [-0.39, 0.29) is 5.56 Å². The molecule has 0 unspecified atom stereocenters. The van der Waals surface area contributed by atoms with Gasteiger partial charge in [0.15, 0.2) is 17.3 Å². The minimum atomic E-state index is -5.29. The first-order valence-corrected chi connectivity index (χ1v) is 7.05. The van der Waals surface area contributed by atoms with Crippen LogP contribution in [0.5, 0.6) is 0 Å². The summed E-state index contributed by atoms with van der Waals surface area (Å²) < 4.78 is 73.4. The molecule has 11 heteroatoms. The molecular weight excluding hydrogens is 386 g/mol. The molecule has 1 aromatic carbocycles. The van der Waals surface area contributed by atoms with Gasteiger partial charge in [0.1, 0.15) is 0 Å². The minimum Gasteiger partial charge on any atom is -0.295 e. The zero-order valence-corrected chi connectivity index (χ0v) is 13.5. The first kappa shape index (κ1) is 22.2. The van der Waals surface area contributed by atoms with E-state index in [1.54, 1.807) is 0 Å². The van der Waals surface area contributed by atoms with Crippen LogP contribution in [0.3, 0.4) is 0 Å². The fraction of sp³-hybridized carbons (Fsp3) is 0.312. The topological polar surface area (TPSA) is 85.3 Å². The predicted molar refractivity (Wildman–Crippen MR) is 76.5 cm³/mol. The molecule has 0 aromatic heterocycles. The molecule has 0 fully saturated rings. The van der Waals surface area contributed by atoms with Gasteiger partial charge in [0.25, 0.3) is 0 Å². The lowest BCUT2D eigenvalue weighted by Gasteiger charge is -2.09. The van der Waals surface area contributed by atoms with E-state index >= 15 is 0 Å². The molecule has 0 atom stereocenters. The smallest absolute Gasteiger partial charge is 0.295 e. The van der Waals surface area contributed by atoms with Crippen molar-refractivity contribution in [2.24, 2.45) is 0 Å². The number of carbonyl (C=O) groups excluding carboxylic acids is 5. The third-order valence-electron chi connectivity index (χ3n) is 3.26. The lowest BCUT2D eigenvalue weighted by Crippen LogP contribution is -2.26. The van der Waals surface area contributed by atoms with Crippen LogP contribution in [0.1, 0.15) is 50.8 Å². The van der Waals surface area contributed by atoms with Crippen LogP contribution in [0.15, 0.2) is 18.2 Å². The molecular formula is C16H10F6O5. The van der Waals surface area contributed by atoms with Crippen molar-refractivity contribution < 1.29 is 50.3 Å². The minimum absolute atomic E-state index is 0.358. The fourth-order valence-electron chi connectivity index (χ4n) is 1.85. The van der Waals surface area contributed by atoms with Crippen LogP contribution in [0.2, 0.25) is 0 Å². The summed E-state index contributed by atoms with van der Waals surface area (Å²) in [7, 11) is 0. The van der Waals surface area contributed by atoms with Crippen molar-refractivity contribution in [3.05, 3.63) is 34.9 Å².